The monoisotopic (exact) mass is 714 g/mol. The summed E-state index contributed by atoms with van der Waals surface area (Å²) in [6, 6.07) is 57.3. The van der Waals surface area contributed by atoms with Crippen LogP contribution in [0.2, 0.25) is 48.4 Å². The number of aryl methyl sites for hydroxylation is 2. The van der Waals surface area contributed by atoms with Crippen molar-refractivity contribution in [3.8, 4) is 22.3 Å². The molecule has 0 heterocycles. The second kappa shape index (κ2) is 15.5. The molecule has 0 saturated heterocycles. The highest BCUT2D eigenvalue weighted by molar-refractivity contribution is 6.80. The van der Waals surface area contributed by atoms with E-state index in [-0.39, 0.29) is 0 Å². The first kappa shape index (κ1) is 36.4. The molecule has 0 nitrogen and oxygen atoms in total. The van der Waals surface area contributed by atoms with Crippen molar-refractivity contribution in [3.05, 3.63) is 132 Å². The third-order valence-corrected chi connectivity index (χ3v) is 25.4. The molecule has 0 saturated carbocycles. The van der Waals surface area contributed by atoms with Crippen molar-refractivity contribution in [1.29, 1.82) is 0 Å². The minimum Gasteiger partial charge on any atom is -0.0678 e. The average molecular weight is 715 g/mol. The maximum absolute atomic E-state index is 2.66. The second-order valence-corrected chi connectivity index (χ2v) is 26.8. The van der Waals surface area contributed by atoms with Gasteiger partial charge in [-0.15, -0.1) is 0 Å². The smallest absolute Gasteiger partial charge is 0.0530 e. The average Bonchev–Trinajstić information content (AvgIpc) is 3.21. The maximum Gasteiger partial charge on any atom is 0.0530 e. The van der Waals surface area contributed by atoms with E-state index in [4.69, 9.17) is 0 Å². The van der Waals surface area contributed by atoms with E-state index >= 15 is 0 Å². The molecule has 266 valence electrons. The van der Waals surface area contributed by atoms with Gasteiger partial charge in [0.15, 0.2) is 0 Å². The summed E-state index contributed by atoms with van der Waals surface area (Å²) < 4.78 is 0. The molecule has 0 unspecified atom stereocenters. The second-order valence-electron chi connectivity index (χ2n) is 15.6. The Morgan fingerprint density at radius 2 is 0.635 bits per heavy atom. The molecule has 0 aromatic heterocycles. The van der Waals surface area contributed by atoms with Crippen LogP contribution < -0.4 is 0 Å². The molecule has 0 N–H and O–H groups in total. The van der Waals surface area contributed by atoms with Crippen molar-refractivity contribution in [2.45, 2.75) is 103 Å². The quantitative estimate of drug-likeness (QED) is 0.0777. The van der Waals surface area contributed by atoms with E-state index in [2.05, 4.69) is 163 Å². The zero-order valence-electron chi connectivity index (χ0n) is 32.6. The summed E-state index contributed by atoms with van der Waals surface area (Å²) in [4.78, 5) is 0. The van der Waals surface area contributed by atoms with Crippen LogP contribution in [-0.4, -0.2) is 16.1 Å². The number of hydrogen-bond acceptors (Lipinski definition) is 0. The highest BCUT2D eigenvalue weighted by Gasteiger charge is 2.29. The molecule has 0 aliphatic rings. The predicted octanol–water partition coefficient (Wildman–Crippen LogP) is 15.7. The van der Waals surface area contributed by atoms with Crippen molar-refractivity contribution in [3.63, 3.8) is 0 Å². The zero-order valence-corrected chi connectivity index (χ0v) is 34.6. The van der Waals surface area contributed by atoms with Crippen molar-refractivity contribution >= 4 is 59.2 Å². The topological polar surface area (TPSA) is 0 Å². The Morgan fingerprint density at radius 1 is 0.327 bits per heavy atom. The Balaban J connectivity index is 1.65. The summed E-state index contributed by atoms with van der Waals surface area (Å²) in [5, 5.41) is 11.4. The summed E-state index contributed by atoms with van der Waals surface area (Å²) in [6.45, 7) is 14.8. The molecule has 0 aliphatic carbocycles. The minimum absolute atomic E-state index is 1.17. The fourth-order valence-electron chi connectivity index (χ4n) is 9.73. The standard InChI is InChI=1S/C50H58Si2/c1-7-51(8-2,9-3)33-31-41-39-27-19-20-28-40(39)42(32-34-52(10-4,11-5)12-6)46-36-48-47(35-45(41)46)49(37-23-15-13-16-24-37)43-29-21-22-30-44(43)50(48)38-25-17-14-18-26-38/h13-30,35-36H,7-12,31-34H2,1-6H3. The van der Waals surface area contributed by atoms with Crippen LogP contribution in [0, 0.1) is 0 Å². The number of rotatable bonds is 14. The van der Waals surface area contributed by atoms with Crippen molar-refractivity contribution in [1.82, 2.24) is 0 Å². The Hall–Kier alpha value is -3.99. The molecule has 7 aromatic carbocycles. The summed E-state index contributed by atoms with van der Waals surface area (Å²) >= 11 is 0. The van der Waals surface area contributed by atoms with Crippen molar-refractivity contribution in [2.75, 3.05) is 0 Å². The van der Waals surface area contributed by atoms with Gasteiger partial charge in [-0.25, -0.2) is 0 Å². The molecule has 2 heteroatoms. The van der Waals surface area contributed by atoms with Crippen molar-refractivity contribution < 1.29 is 0 Å². The molecule has 0 aliphatic heterocycles. The Bertz CT molecular complexity index is 2130. The van der Waals surface area contributed by atoms with Gasteiger partial charge in [0.05, 0.1) is 16.1 Å². The van der Waals surface area contributed by atoms with Gasteiger partial charge in [-0.2, -0.15) is 0 Å². The minimum atomic E-state index is -1.34. The first-order valence-electron chi connectivity index (χ1n) is 20.4. The SMILES string of the molecule is CC[Si](CC)(CC)CCc1c2ccccc2c(CC[Si](CC)(CC)CC)c2cc3c(-c4ccccc4)c4ccccc4c(-c4ccccc4)c3cc12. The van der Waals surface area contributed by atoms with Gasteiger partial charge in [-0.1, -0.05) is 199 Å². The number of fused-ring (bicyclic) bond motifs is 4. The third-order valence-electron chi connectivity index (χ3n) is 13.8. The lowest BCUT2D eigenvalue weighted by molar-refractivity contribution is 1.03. The van der Waals surface area contributed by atoms with Crippen molar-refractivity contribution in [2.24, 2.45) is 0 Å². The molecule has 7 aromatic rings. The zero-order chi connectivity index (χ0) is 36.3. The summed E-state index contributed by atoms with van der Waals surface area (Å²) in [6.07, 6.45) is 2.34. The van der Waals surface area contributed by atoms with Gasteiger partial charge in [0.2, 0.25) is 0 Å². The van der Waals surface area contributed by atoms with Crippen LogP contribution in [0.5, 0.6) is 0 Å². The fraction of sp³-hybridized carbons (Fsp3) is 0.320. The third kappa shape index (κ3) is 6.47. The van der Waals surface area contributed by atoms with Crippen LogP contribution in [0.1, 0.15) is 52.7 Å². The fourth-order valence-corrected chi connectivity index (χ4v) is 16.4. The van der Waals surface area contributed by atoms with Gasteiger partial charge in [0.1, 0.15) is 0 Å². The molecular weight excluding hydrogens is 657 g/mol. The van der Waals surface area contributed by atoms with E-state index < -0.39 is 16.1 Å². The van der Waals surface area contributed by atoms with E-state index in [0.29, 0.717) is 0 Å². The van der Waals surface area contributed by atoms with Gasteiger partial charge >= 0.3 is 0 Å². The van der Waals surface area contributed by atoms with Crippen LogP contribution in [0.25, 0.3) is 65.3 Å². The lowest BCUT2D eigenvalue weighted by Crippen LogP contribution is -2.31. The van der Waals surface area contributed by atoms with E-state index in [0.717, 1.165) is 0 Å². The van der Waals surface area contributed by atoms with Crippen LogP contribution in [0.4, 0.5) is 0 Å². The van der Waals surface area contributed by atoms with E-state index in [1.807, 2.05) is 0 Å². The first-order chi connectivity index (χ1) is 25.5. The van der Waals surface area contributed by atoms with Crippen LogP contribution in [-0.2, 0) is 12.8 Å². The van der Waals surface area contributed by atoms with Gasteiger partial charge in [-0.05, 0) is 101 Å². The van der Waals surface area contributed by atoms with E-state index in [1.54, 1.807) is 11.1 Å². The number of benzene rings is 7. The molecule has 0 spiro atoms. The maximum atomic E-state index is 2.66. The lowest BCUT2D eigenvalue weighted by atomic mass is 9.82. The Morgan fingerprint density at radius 3 is 0.962 bits per heavy atom. The van der Waals surface area contributed by atoms with E-state index in [9.17, 15) is 0 Å². The van der Waals surface area contributed by atoms with Gasteiger partial charge in [-0.3, -0.25) is 0 Å². The molecule has 0 fully saturated rings. The van der Waals surface area contributed by atoms with Crippen LogP contribution >= 0.6 is 0 Å². The lowest BCUT2D eigenvalue weighted by Gasteiger charge is -2.30. The molecule has 0 radical (unpaired) electrons. The summed E-state index contributed by atoms with van der Waals surface area (Å²) in [5.41, 5.74) is 8.49. The van der Waals surface area contributed by atoms with Gasteiger partial charge in [0.25, 0.3) is 0 Å². The normalized spacial score (nSPS) is 12.4. The summed E-state index contributed by atoms with van der Waals surface area (Å²) in [5.74, 6) is 0. The highest BCUT2D eigenvalue weighted by Crippen LogP contribution is 2.47. The van der Waals surface area contributed by atoms with Gasteiger partial charge < -0.3 is 0 Å². The molecule has 0 bridgehead atoms. The highest BCUT2D eigenvalue weighted by atomic mass is 28.3. The van der Waals surface area contributed by atoms with Crippen LogP contribution in [0.15, 0.2) is 121 Å². The molecule has 0 atom stereocenters. The van der Waals surface area contributed by atoms with Gasteiger partial charge in [0, 0.05) is 0 Å². The molecule has 52 heavy (non-hydrogen) atoms. The summed E-state index contributed by atoms with van der Waals surface area (Å²) in [7, 11) is -2.69. The predicted molar refractivity (Wildman–Crippen MR) is 239 cm³/mol. The number of hydrogen-bond donors (Lipinski definition) is 0. The Labute approximate surface area is 315 Å². The molecule has 7 rings (SSSR count). The largest absolute Gasteiger partial charge is 0.0678 e. The van der Waals surface area contributed by atoms with Crippen LogP contribution in [0.3, 0.4) is 0 Å². The first-order valence-corrected chi connectivity index (χ1v) is 26.1. The molecule has 0 amide bonds. The molecular formula is C50H58Si2. The van der Waals surface area contributed by atoms with E-state index in [1.165, 1.54) is 127 Å². The Kier molecular flexibility index (Phi) is 10.9.